The van der Waals surface area contributed by atoms with Gasteiger partial charge in [-0.3, -0.25) is 4.79 Å². The normalized spacial score (nSPS) is 15.0. The van der Waals surface area contributed by atoms with Crippen molar-refractivity contribution in [3.63, 3.8) is 0 Å². The zero-order chi connectivity index (χ0) is 20.1. The van der Waals surface area contributed by atoms with Crippen molar-refractivity contribution in [3.05, 3.63) is 89.0 Å². The number of anilines is 3. The highest BCUT2D eigenvalue weighted by molar-refractivity contribution is 5.88. The molecule has 1 heterocycles. The van der Waals surface area contributed by atoms with Crippen LogP contribution in [0.5, 0.6) is 0 Å². The Morgan fingerprint density at radius 2 is 1.46 bits per heavy atom. The first-order chi connectivity index (χ1) is 13.2. The van der Waals surface area contributed by atoms with Gasteiger partial charge in [0.1, 0.15) is 6.29 Å². The largest absolute Gasteiger partial charge is 0.310 e. The molecule has 0 spiro atoms. The Morgan fingerprint density at radius 3 is 2.11 bits per heavy atom. The number of nitrogens with zero attached hydrogens (tertiary/aromatic N) is 1. The smallest absolute Gasteiger partial charge is 0.150 e. The van der Waals surface area contributed by atoms with Gasteiger partial charge in [-0.1, -0.05) is 65.0 Å². The molecule has 1 aliphatic rings. The minimum absolute atomic E-state index is 0.122. The predicted molar refractivity (Wildman–Crippen MR) is 117 cm³/mol. The van der Waals surface area contributed by atoms with Crippen LogP contribution in [0.1, 0.15) is 61.7 Å². The summed E-state index contributed by atoms with van der Waals surface area (Å²) in [5.74, 6) is 0. The van der Waals surface area contributed by atoms with Crippen LogP contribution in [0, 0.1) is 0 Å². The molecule has 0 unspecified atom stereocenters. The summed E-state index contributed by atoms with van der Waals surface area (Å²) in [6, 6.07) is 23.4. The van der Waals surface area contributed by atoms with E-state index in [-0.39, 0.29) is 10.8 Å². The minimum atomic E-state index is -0.174. The third-order valence-electron chi connectivity index (χ3n) is 5.88. The fourth-order valence-corrected chi connectivity index (χ4v) is 4.18. The molecule has 0 amide bonds. The zero-order valence-corrected chi connectivity index (χ0v) is 17.3. The van der Waals surface area contributed by atoms with Gasteiger partial charge < -0.3 is 4.90 Å². The summed E-state index contributed by atoms with van der Waals surface area (Å²) in [6.07, 6.45) is 0.930. The molecule has 2 heteroatoms. The van der Waals surface area contributed by atoms with E-state index in [9.17, 15) is 4.79 Å². The molecule has 4 rings (SSSR count). The van der Waals surface area contributed by atoms with Crippen molar-refractivity contribution < 1.29 is 4.79 Å². The predicted octanol–water partition coefficient (Wildman–Crippen LogP) is 6.91. The number of para-hydroxylation sites is 1. The van der Waals surface area contributed by atoms with Crippen LogP contribution in [-0.4, -0.2) is 6.29 Å². The maximum absolute atomic E-state index is 11.4. The Kier molecular flexibility index (Phi) is 4.19. The van der Waals surface area contributed by atoms with Crippen LogP contribution >= 0.6 is 0 Å². The Labute approximate surface area is 167 Å². The molecule has 0 bridgehead atoms. The Bertz CT molecular complexity index is 1040. The molecule has 0 fully saturated rings. The van der Waals surface area contributed by atoms with Gasteiger partial charge in [-0.25, -0.2) is 0 Å². The lowest BCUT2D eigenvalue weighted by molar-refractivity contribution is 0.112. The Balaban J connectivity index is 1.95. The Hall–Kier alpha value is -2.87. The van der Waals surface area contributed by atoms with E-state index in [1.165, 1.54) is 22.4 Å². The third kappa shape index (κ3) is 2.84. The molecule has 3 aromatic carbocycles. The molecule has 0 aliphatic carbocycles. The molecule has 1 aliphatic heterocycles. The van der Waals surface area contributed by atoms with E-state index in [1.54, 1.807) is 0 Å². The fourth-order valence-electron chi connectivity index (χ4n) is 4.18. The van der Waals surface area contributed by atoms with E-state index >= 15 is 0 Å². The van der Waals surface area contributed by atoms with Crippen molar-refractivity contribution in [1.29, 1.82) is 0 Å². The average Bonchev–Trinajstić information content (AvgIpc) is 2.68. The lowest BCUT2D eigenvalue weighted by Gasteiger charge is -2.42. The fraction of sp³-hybridized carbons (Fsp3) is 0.269. The van der Waals surface area contributed by atoms with E-state index in [0.29, 0.717) is 5.56 Å². The zero-order valence-electron chi connectivity index (χ0n) is 17.3. The monoisotopic (exact) mass is 369 g/mol. The van der Waals surface area contributed by atoms with Crippen molar-refractivity contribution in [1.82, 2.24) is 0 Å². The van der Waals surface area contributed by atoms with E-state index in [1.807, 2.05) is 12.1 Å². The average molecular weight is 370 g/mol. The first-order valence-corrected chi connectivity index (χ1v) is 9.83. The van der Waals surface area contributed by atoms with Crippen LogP contribution in [0.25, 0.3) is 0 Å². The second-order valence-electron chi connectivity index (χ2n) is 9.17. The van der Waals surface area contributed by atoms with Crippen LogP contribution in [0.4, 0.5) is 17.1 Å². The van der Waals surface area contributed by atoms with Gasteiger partial charge in [0.15, 0.2) is 0 Å². The van der Waals surface area contributed by atoms with Crippen molar-refractivity contribution in [2.24, 2.45) is 0 Å². The SMILES string of the molecule is CC(C)(C)c1ccc(N2c3ccccc3C(C)(C)c3cc(C=O)ccc32)cc1. The summed E-state index contributed by atoms with van der Waals surface area (Å²) < 4.78 is 0. The van der Waals surface area contributed by atoms with Gasteiger partial charge in [0.2, 0.25) is 0 Å². The number of fused-ring (bicyclic) bond motifs is 2. The van der Waals surface area contributed by atoms with Gasteiger partial charge >= 0.3 is 0 Å². The van der Waals surface area contributed by atoms with Crippen LogP contribution < -0.4 is 4.90 Å². The van der Waals surface area contributed by atoms with Gasteiger partial charge in [0.05, 0.1) is 11.4 Å². The van der Waals surface area contributed by atoms with Crippen molar-refractivity contribution in [2.45, 2.75) is 45.4 Å². The van der Waals surface area contributed by atoms with Crippen LogP contribution in [-0.2, 0) is 10.8 Å². The number of carbonyl (C=O) groups excluding carboxylic acids is 1. The maximum atomic E-state index is 11.4. The maximum Gasteiger partial charge on any atom is 0.150 e. The number of hydrogen-bond acceptors (Lipinski definition) is 2. The molecular formula is C26H27NO. The third-order valence-corrected chi connectivity index (χ3v) is 5.88. The highest BCUT2D eigenvalue weighted by atomic mass is 16.1. The summed E-state index contributed by atoms with van der Waals surface area (Å²) in [4.78, 5) is 13.7. The molecule has 28 heavy (non-hydrogen) atoms. The van der Waals surface area contributed by atoms with Crippen molar-refractivity contribution >= 4 is 23.3 Å². The highest BCUT2D eigenvalue weighted by Crippen LogP contribution is 2.51. The number of carbonyl (C=O) groups is 1. The molecule has 0 saturated carbocycles. The van der Waals surface area contributed by atoms with Crippen molar-refractivity contribution in [2.75, 3.05) is 4.90 Å². The highest BCUT2D eigenvalue weighted by Gasteiger charge is 2.36. The van der Waals surface area contributed by atoms with Gasteiger partial charge in [-0.15, -0.1) is 0 Å². The van der Waals surface area contributed by atoms with Crippen LogP contribution in [0.2, 0.25) is 0 Å². The first kappa shape index (κ1) is 18.5. The lowest BCUT2D eigenvalue weighted by atomic mass is 9.73. The van der Waals surface area contributed by atoms with E-state index in [4.69, 9.17) is 0 Å². The second-order valence-corrected chi connectivity index (χ2v) is 9.17. The Morgan fingerprint density at radius 1 is 0.821 bits per heavy atom. The molecular weight excluding hydrogens is 342 g/mol. The lowest BCUT2D eigenvalue weighted by Crippen LogP contribution is -2.30. The summed E-state index contributed by atoms with van der Waals surface area (Å²) in [5.41, 5.74) is 7.90. The number of hydrogen-bond donors (Lipinski definition) is 0. The topological polar surface area (TPSA) is 20.3 Å². The second kappa shape index (κ2) is 6.34. The van der Waals surface area contributed by atoms with E-state index in [0.717, 1.165) is 17.7 Å². The molecule has 0 atom stereocenters. The molecule has 0 N–H and O–H groups in total. The number of aldehydes is 1. The van der Waals surface area contributed by atoms with Gasteiger partial charge in [0, 0.05) is 16.7 Å². The van der Waals surface area contributed by atoms with E-state index in [2.05, 4.69) is 94.1 Å². The van der Waals surface area contributed by atoms with Gasteiger partial charge in [-0.05, 0) is 58.5 Å². The molecule has 0 saturated heterocycles. The van der Waals surface area contributed by atoms with Gasteiger partial charge in [-0.2, -0.15) is 0 Å². The first-order valence-electron chi connectivity index (χ1n) is 9.83. The van der Waals surface area contributed by atoms with Crippen LogP contribution in [0.15, 0.2) is 66.7 Å². The molecule has 2 nitrogen and oxygen atoms in total. The number of benzene rings is 3. The molecule has 0 radical (unpaired) electrons. The van der Waals surface area contributed by atoms with Crippen molar-refractivity contribution in [3.8, 4) is 0 Å². The summed E-state index contributed by atoms with van der Waals surface area (Å²) >= 11 is 0. The van der Waals surface area contributed by atoms with Crippen LogP contribution in [0.3, 0.4) is 0 Å². The number of rotatable bonds is 2. The summed E-state index contributed by atoms with van der Waals surface area (Å²) in [5, 5.41) is 0. The molecule has 0 aromatic heterocycles. The van der Waals surface area contributed by atoms with E-state index < -0.39 is 0 Å². The standard InChI is InChI=1S/C26H27NO/c1-25(2,3)19-11-13-20(14-12-19)27-23-9-7-6-8-21(23)26(4,5)22-16-18(17-28)10-15-24(22)27/h6-17H,1-5H3. The quantitative estimate of drug-likeness (QED) is 0.458. The molecule has 142 valence electrons. The summed E-state index contributed by atoms with van der Waals surface area (Å²) in [6.45, 7) is 11.2. The summed E-state index contributed by atoms with van der Waals surface area (Å²) in [7, 11) is 0. The van der Waals surface area contributed by atoms with Gasteiger partial charge in [0.25, 0.3) is 0 Å². The minimum Gasteiger partial charge on any atom is -0.310 e. The molecule has 3 aromatic rings.